The number of aliphatic hydroxyl groups excluding tert-OH is 1. The highest BCUT2D eigenvalue weighted by molar-refractivity contribution is 5.66. The van der Waals surface area contributed by atoms with Crippen LogP contribution in [-0.4, -0.2) is 35.6 Å². The minimum atomic E-state index is -0.906. The van der Waals surface area contributed by atoms with Gasteiger partial charge in [0.1, 0.15) is 6.04 Å². The van der Waals surface area contributed by atoms with Crippen LogP contribution in [0.4, 0.5) is 0 Å². The highest BCUT2D eigenvalue weighted by atomic mass is 16.7. The maximum Gasteiger partial charge on any atom is 0.304 e. The number of azide groups is 1. The average Bonchev–Trinajstić information content (AvgIpc) is 2.13. The summed E-state index contributed by atoms with van der Waals surface area (Å²) in [6.07, 6.45) is -1.84. The first-order valence-electron chi connectivity index (χ1n) is 4.59. The molecular formula is C8H13N3O4. The first-order valence-corrected chi connectivity index (χ1v) is 4.59. The fourth-order valence-electron chi connectivity index (χ4n) is 1.38. The van der Waals surface area contributed by atoms with E-state index in [2.05, 4.69) is 10.0 Å². The quantitative estimate of drug-likeness (QED) is 0.317. The van der Waals surface area contributed by atoms with Gasteiger partial charge in [0.2, 0.25) is 6.29 Å². The van der Waals surface area contributed by atoms with Crippen molar-refractivity contribution in [3.8, 4) is 0 Å². The number of carbonyl (C=O) groups is 1. The van der Waals surface area contributed by atoms with Gasteiger partial charge in [-0.2, -0.15) is 0 Å². The van der Waals surface area contributed by atoms with Crippen LogP contribution in [0.2, 0.25) is 0 Å². The van der Waals surface area contributed by atoms with E-state index in [1.54, 1.807) is 6.92 Å². The van der Waals surface area contributed by atoms with E-state index in [4.69, 9.17) is 15.0 Å². The Morgan fingerprint density at radius 3 is 2.93 bits per heavy atom. The number of ether oxygens (including phenoxy) is 2. The molecule has 15 heavy (non-hydrogen) atoms. The van der Waals surface area contributed by atoms with Crippen LogP contribution in [0.15, 0.2) is 5.11 Å². The van der Waals surface area contributed by atoms with Crippen molar-refractivity contribution < 1.29 is 19.4 Å². The highest BCUT2D eigenvalue weighted by Gasteiger charge is 2.36. The molecule has 0 amide bonds. The van der Waals surface area contributed by atoms with Gasteiger partial charge in [0.15, 0.2) is 0 Å². The van der Waals surface area contributed by atoms with Gasteiger partial charge in [0, 0.05) is 11.8 Å². The largest absolute Gasteiger partial charge is 0.435 e. The summed E-state index contributed by atoms with van der Waals surface area (Å²) in [7, 11) is 0. The fourth-order valence-corrected chi connectivity index (χ4v) is 1.38. The van der Waals surface area contributed by atoms with Crippen molar-refractivity contribution in [3.63, 3.8) is 0 Å². The third-order valence-corrected chi connectivity index (χ3v) is 2.17. The summed E-state index contributed by atoms with van der Waals surface area (Å²) < 4.78 is 10.1. The topological polar surface area (TPSA) is 105 Å². The second kappa shape index (κ2) is 4.97. The first-order chi connectivity index (χ1) is 7.04. The number of aliphatic hydroxyl groups is 1. The molecule has 0 bridgehead atoms. The Balaban J connectivity index is 2.71. The summed E-state index contributed by atoms with van der Waals surface area (Å²) in [5.74, 6) is -0.512. The van der Waals surface area contributed by atoms with Crippen molar-refractivity contribution in [2.24, 2.45) is 5.11 Å². The second-order valence-electron chi connectivity index (χ2n) is 3.39. The third kappa shape index (κ3) is 3.09. The predicted molar refractivity (Wildman–Crippen MR) is 49.7 cm³/mol. The molecule has 0 aliphatic carbocycles. The smallest absolute Gasteiger partial charge is 0.304 e. The van der Waals surface area contributed by atoms with Crippen molar-refractivity contribution in [3.05, 3.63) is 10.4 Å². The Hall–Kier alpha value is -1.30. The van der Waals surface area contributed by atoms with Crippen LogP contribution >= 0.6 is 0 Å². The molecule has 1 saturated heterocycles. The Morgan fingerprint density at radius 2 is 2.40 bits per heavy atom. The lowest BCUT2D eigenvalue weighted by molar-refractivity contribution is -0.222. The summed E-state index contributed by atoms with van der Waals surface area (Å²) in [6.45, 7) is 2.90. The van der Waals surface area contributed by atoms with E-state index in [1.165, 1.54) is 6.92 Å². The molecule has 1 aliphatic rings. The standard InChI is InChI=1S/C8H13N3O4/c1-4-7(13)3-6(10-11-9)8(14-4)15-5(2)12/h4,6-8,13H,3H2,1-2H3/t4-,6+,7?,8+/m1/s1. The zero-order valence-corrected chi connectivity index (χ0v) is 8.53. The predicted octanol–water partition coefficient (Wildman–Crippen LogP) is 0.724. The van der Waals surface area contributed by atoms with Crippen LogP contribution in [0.25, 0.3) is 10.4 Å². The summed E-state index contributed by atoms with van der Waals surface area (Å²) in [6, 6.07) is -0.676. The fraction of sp³-hybridized carbons (Fsp3) is 0.875. The van der Waals surface area contributed by atoms with Crippen molar-refractivity contribution in [1.29, 1.82) is 0 Å². The second-order valence-corrected chi connectivity index (χ2v) is 3.39. The van der Waals surface area contributed by atoms with Crippen LogP contribution in [0.3, 0.4) is 0 Å². The molecule has 1 rings (SSSR count). The summed E-state index contributed by atoms with van der Waals surface area (Å²) in [4.78, 5) is 13.4. The molecule has 7 nitrogen and oxygen atoms in total. The van der Waals surface area contributed by atoms with Crippen molar-refractivity contribution in [2.75, 3.05) is 0 Å². The molecule has 0 aromatic heterocycles. The van der Waals surface area contributed by atoms with Gasteiger partial charge < -0.3 is 14.6 Å². The number of hydrogen-bond acceptors (Lipinski definition) is 5. The van der Waals surface area contributed by atoms with Crippen molar-refractivity contribution in [2.45, 2.75) is 44.8 Å². The molecule has 7 heteroatoms. The molecular weight excluding hydrogens is 202 g/mol. The molecule has 1 heterocycles. The van der Waals surface area contributed by atoms with Gasteiger partial charge in [-0.15, -0.1) is 0 Å². The van der Waals surface area contributed by atoms with E-state index in [-0.39, 0.29) is 6.42 Å². The molecule has 4 atom stereocenters. The lowest BCUT2D eigenvalue weighted by Gasteiger charge is -2.35. The third-order valence-electron chi connectivity index (χ3n) is 2.17. The number of carbonyl (C=O) groups excluding carboxylic acids is 1. The van der Waals surface area contributed by atoms with Crippen molar-refractivity contribution in [1.82, 2.24) is 0 Å². The Morgan fingerprint density at radius 1 is 1.73 bits per heavy atom. The monoisotopic (exact) mass is 215 g/mol. The van der Waals surface area contributed by atoms with Gasteiger partial charge >= 0.3 is 5.97 Å². The molecule has 1 fully saturated rings. The Labute approximate surface area is 86.6 Å². The van der Waals surface area contributed by atoms with E-state index in [9.17, 15) is 9.90 Å². The summed E-state index contributed by atoms with van der Waals surface area (Å²) in [5, 5.41) is 12.9. The van der Waals surface area contributed by atoms with E-state index >= 15 is 0 Å². The molecule has 0 radical (unpaired) electrons. The summed E-state index contributed by atoms with van der Waals surface area (Å²) >= 11 is 0. The van der Waals surface area contributed by atoms with Crippen LogP contribution < -0.4 is 0 Å². The van der Waals surface area contributed by atoms with Crippen LogP contribution in [0, 0.1) is 0 Å². The zero-order chi connectivity index (χ0) is 11.4. The maximum atomic E-state index is 10.8. The minimum Gasteiger partial charge on any atom is -0.435 e. The van der Waals surface area contributed by atoms with Crippen LogP contribution in [0.1, 0.15) is 20.3 Å². The van der Waals surface area contributed by atoms with Gasteiger partial charge in [-0.3, -0.25) is 4.79 Å². The van der Waals surface area contributed by atoms with Gasteiger partial charge in [-0.05, 0) is 18.9 Å². The zero-order valence-electron chi connectivity index (χ0n) is 8.53. The Kier molecular flexibility index (Phi) is 3.90. The molecule has 0 spiro atoms. The SMILES string of the molecule is CC(=O)O[C@@H]1O[C@H](C)C(O)C[C@@H]1N=[N+]=[N-]. The van der Waals surface area contributed by atoms with Crippen molar-refractivity contribution >= 4 is 5.97 Å². The highest BCUT2D eigenvalue weighted by Crippen LogP contribution is 2.23. The van der Waals surface area contributed by atoms with E-state index in [0.717, 1.165) is 0 Å². The van der Waals surface area contributed by atoms with Crippen LogP contribution in [-0.2, 0) is 14.3 Å². The molecule has 0 saturated carbocycles. The number of rotatable bonds is 2. The lowest BCUT2D eigenvalue weighted by Crippen LogP contribution is -2.46. The summed E-state index contributed by atoms with van der Waals surface area (Å²) in [5.41, 5.74) is 8.30. The van der Waals surface area contributed by atoms with Gasteiger partial charge in [-0.1, -0.05) is 5.11 Å². The number of nitrogens with zero attached hydrogens (tertiary/aromatic N) is 3. The molecule has 1 unspecified atom stereocenters. The molecule has 1 aliphatic heterocycles. The average molecular weight is 215 g/mol. The van der Waals surface area contributed by atoms with Gasteiger partial charge in [0.25, 0.3) is 0 Å². The molecule has 84 valence electrons. The maximum absolute atomic E-state index is 10.8. The lowest BCUT2D eigenvalue weighted by atomic mass is 10.0. The minimum absolute atomic E-state index is 0.225. The molecule has 0 aromatic rings. The van der Waals surface area contributed by atoms with E-state index in [1.807, 2.05) is 0 Å². The van der Waals surface area contributed by atoms with Gasteiger partial charge in [0.05, 0.1) is 12.2 Å². The van der Waals surface area contributed by atoms with Gasteiger partial charge in [-0.25, -0.2) is 0 Å². The Bertz CT molecular complexity index is 290. The van der Waals surface area contributed by atoms with Crippen LogP contribution in [0.5, 0.6) is 0 Å². The normalized spacial score (nSPS) is 35.4. The van der Waals surface area contributed by atoms with E-state index < -0.39 is 30.5 Å². The molecule has 0 aromatic carbocycles. The van der Waals surface area contributed by atoms with E-state index in [0.29, 0.717) is 0 Å². The molecule has 1 N–H and O–H groups in total. The first kappa shape index (κ1) is 11.8. The number of esters is 1. The number of hydrogen-bond donors (Lipinski definition) is 1.